The molecule has 1 aromatic rings. The lowest BCUT2D eigenvalue weighted by atomic mass is 10.2. The molecule has 1 fully saturated rings. The molecule has 1 heterocycles. The molecule has 0 bridgehead atoms. The van der Waals surface area contributed by atoms with E-state index in [0.717, 1.165) is 32.7 Å². The molecule has 20 heavy (non-hydrogen) atoms. The number of phenols is 1. The quantitative estimate of drug-likeness (QED) is 0.743. The Morgan fingerprint density at radius 1 is 1.05 bits per heavy atom. The van der Waals surface area contributed by atoms with E-state index < -0.39 is 0 Å². The summed E-state index contributed by atoms with van der Waals surface area (Å²) in [4.78, 5) is 2.47. The first kappa shape index (κ1) is 15.1. The van der Waals surface area contributed by atoms with Crippen LogP contribution in [0, 0.1) is 0 Å². The van der Waals surface area contributed by atoms with Crippen LogP contribution in [0.1, 0.15) is 25.7 Å². The molecule has 0 aliphatic carbocycles. The topological polar surface area (TPSA) is 41.9 Å². The Kier molecular flexibility index (Phi) is 6.68. The molecule has 0 radical (unpaired) electrons. The largest absolute Gasteiger partial charge is 0.504 e. The van der Waals surface area contributed by atoms with E-state index in [1.807, 2.05) is 6.07 Å². The minimum Gasteiger partial charge on any atom is -0.504 e. The third kappa shape index (κ3) is 5.39. The van der Waals surface area contributed by atoms with Crippen LogP contribution in [0.2, 0.25) is 0 Å². The number of aromatic hydroxyl groups is 1. The fourth-order valence-corrected chi connectivity index (χ4v) is 2.38. The number of hydrogen-bond donors (Lipinski definition) is 1. The van der Waals surface area contributed by atoms with Gasteiger partial charge in [0.15, 0.2) is 11.5 Å². The lowest BCUT2D eigenvalue weighted by Crippen LogP contribution is -2.36. The molecule has 0 unspecified atom stereocenters. The Bertz CT molecular complexity index is 378. The van der Waals surface area contributed by atoms with E-state index in [2.05, 4.69) is 4.90 Å². The molecule has 1 aliphatic heterocycles. The van der Waals surface area contributed by atoms with Crippen molar-refractivity contribution >= 4 is 0 Å². The zero-order valence-corrected chi connectivity index (χ0v) is 12.1. The average molecular weight is 279 g/mol. The van der Waals surface area contributed by atoms with Crippen molar-refractivity contribution in [3.63, 3.8) is 0 Å². The van der Waals surface area contributed by atoms with Crippen LogP contribution in [0.3, 0.4) is 0 Å². The molecule has 0 aromatic heterocycles. The van der Waals surface area contributed by atoms with Crippen molar-refractivity contribution in [2.45, 2.75) is 25.7 Å². The number of benzene rings is 1. The second kappa shape index (κ2) is 8.82. The fourth-order valence-electron chi connectivity index (χ4n) is 2.38. The summed E-state index contributed by atoms with van der Waals surface area (Å²) in [7, 11) is 0. The number of phenolic OH excluding ortho intramolecular Hbond substituents is 1. The molecule has 4 nitrogen and oxygen atoms in total. The zero-order valence-electron chi connectivity index (χ0n) is 12.1. The summed E-state index contributed by atoms with van der Waals surface area (Å²) in [6.45, 7) is 5.79. The van der Waals surface area contributed by atoms with E-state index in [1.54, 1.807) is 18.2 Å². The second-order valence-corrected chi connectivity index (χ2v) is 5.18. The smallest absolute Gasteiger partial charge is 0.160 e. The lowest BCUT2D eigenvalue weighted by Gasteiger charge is -2.26. The SMILES string of the molecule is Oc1ccccc1OCCCCCCN1CCOCC1. The summed E-state index contributed by atoms with van der Waals surface area (Å²) in [6.07, 6.45) is 4.70. The van der Waals surface area contributed by atoms with Gasteiger partial charge in [0.1, 0.15) is 0 Å². The molecule has 1 aliphatic rings. The van der Waals surface area contributed by atoms with Gasteiger partial charge >= 0.3 is 0 Å². The Hall–Kier alpha value is -1.26. The highest BCUT2D eigenvalue weighted by molar-refractivity contribution is 5.37. The van der Waals surface area contributed by atoms with Gasteiger partial charge in [0.05, 0.1) is 19.8 Å². The maximum atomic E-state index is 9.55. The predicted molar refractivity (Wildman–Crippen MR) is 79.3 cm³/mol. The monoisotopic (exact) mass is 279 g/mol. The zero-order chi connectivity index (χ0) is 14.0. The van der Waals surface area contributed by atoms with Gasteiger partial charge in [-0.25, -0.2) is 0 Å². The van der Waals surface area contributed by atoms with Gasteiger partial charge in [-0.15, -0.1) is 0 Å². The van der Waals surface area contributed by atoms with Crippen LogP contribution in [-0.4, -0.2) is 49.5 Å². The molecular weight excluding hydrogens is 254 g/mol. The second-order valence-electron chi connectivity index (χ2n) is 5.18. The standard InChI is InChI=1S/C16H25NO3/c18-15-7-3-4-8-16(15)20-12-6-2-1-5-9-17-10-13-19-14-11-17/h3-4,7-8,18H,1-2,5-6,9-14H2. The van der Waals surface area contributed by atoms with Gasteiger partial charge < -0.3 is 14.6 Å². The van der Waals surface area contributed by atoms with Crippen molar-refractivity contribution in [3.8, 4) is 11.5 Å². The van der Waals surface area contributed by atoms with Gasteiger partial charge in [0.25, 0.3) is 0 Å². The van der Waals surface area contributed by atoms with Gasteiger partial charge in [0.2, 0.25) is 0 Å². The van der Waals surface area contributed by atoms with Crippen molar-refractivity contribution < 1.29 is 14.6 Å². The van der Waals surface area contributed by atoms with Crippen molar-refractivity contribution in [2.75, 3.05) is 39.5 Å². The summed E-state index contributed by atoms with van der Waals surface area (Å²) >= 11 is 0. The Balaban J connectivity index is 1.46. The minimum absolute atomic E-state index is 0.222. The van der Waals surface area contributed by atoms with Crippen molar-refractivity contribution in [1.82, 2.24) is 4.90 Å². The van der Waals surface area contributed by atoms with Gasteiger partial charge in [0, 0.05) is 13.1 Å². The first-order chi connectivity index (χ1) is 9.86. The first-order valence-electron chi connectivity index (χ1n) is 7.57. The van der Waals surface area contributed by atoms with E-state index in [-0.39, 0.29) is 5.75 Å². The number of rotatable bonds is 8. The summed E-state index contributed by atoms with van der Waals surface area (Å²) in [5, 5.41) is 9.55. The highest BCUT2D eigenvalue weighted by atomic mass is 16.5. The molecular formula is C16H25NO3. The summed E-state index contributed by atoms with van der Waals surface area (Å²) in [5.41, 5.74) is 0. The predicted octanol–water partition coefficient (Wildman–Crippen LogP) is 2.66. The van der Waals surface area contributed by atoms with Gasteiger partial charge in [-0.2, -0.15) is 0 Å². The van der Waals surface area contributed by atoms with Crippen LogP contribution < -0.4 is 4.74 Å². The fraction of sp³-hybridized carbons (Fsp3) is 0.625. The van der Waals surface area contributed by atoms with Crippen LogP contribution in [-0.2, 0) is 4.74 Å². The van der Waals surface area contributed by atoms with E-state index >= 15 is 0 Å². The van der Waals surface area contributed by atoms with E-state index in [4.69, 9.17) is 9.47 Å². The molecule has 1 aromatic carbocycles. The van der Waals surface area contributed by atoms with Crippen molar-refractivity contribution in [2.24, 2.45) is 0 Å². The number of ether oxygens (including phenoxy) is 2. The maximum Gasteiger partial charge on any atom is 0.160 e. The first-order valence-corrected chi connectivity index (χ1v) is 7.57. The molecule has 1 N–H and O–H groups in total. The van der Waals surface area contributed by atoms with Crippen LogP contribution in [0.4, 0.5) is 0 Å². The third-order valence-electron chi connectivity index (χ3n) is 3.60. The summed E-state index contributed by atoms with van der Waals surface area (Å²) in [6, 6.07) is 7.12. The van der Waals surface area contributed by atoms with Gasteiger partial charge in [-0.1, -0.05) is 25.0 Å². The molecule has 0 saturated carbocycles. The van der Waals surface area contributed by atoms with Crippen LogP contribution >= 0.6 is 0 Å². The lowest BCUT2D eigenvalue weighted by molar-refractivity contribution is 0.0371. The van der Waals surface area contributed by atoms with Crippen LogP contribution in [0.5, 0.6) is 11.5 Å². The Morgan fingerprint density at radius 2 is 1.80 bits per heavy atom. The minimum atomic E-state index is 0.222. The molecule has 2 rings (SSSR count). The maximum absolute atomic E-state index is 9.55. The molecule has 0 amide bonds. The molecule has 112 valence electrons. The van der Waals surface area contributed by atoms with Crippen LogP contribution in [0.15, 0.2) is 24.3 Å². The highest BCUT2D eigenvalue weighted by Gasteiger charge is 2.08. The summed E-state index contributed by atoms with van der Waals surface area (Å²) in [5.74, 6) is 0.806. The average Bonchev–Trinajstić information content (AvgIpc) is 2.49. The normalized spacial score (nSPS) is 16.2. The number of nitrogens with zero attached hydrogens (tertiary/aromatic N) is 1. The Morgan fingerprint density at radius 3 is 2.60 bits per heavy atom. The molecule has 0 atom stereocenters. The van der Waals surface area contributed by atoms with Crippen LogP contribution in [0.25, 0.3) is 0 Å². The molecule has 0 spiro atoms. The number of hydrogen-bond acceptors (Lipinski definition) is 4. The third-order valence-corrected chi connectivity index (χ3v) is 3.60. The Labute approximate surface area is 121 Å². The molecule has 1 saturated heterocycles. The van der Waals surface area contributed by atoms with Crippen molar-refractivity contribution in [3.05, 3.63) is 24.3 Å². The van der Waals surface area contributed by atoms with E-state index in [0.29, 0.717) is 12.4 Å². The van der Waals surface area contributed by atoms with Crippen molar-refractivity contribution in [1.29, 1.82) is 0 Å². The van der Waals surface area contributed by atoms with E-state index in [9.17, 15) is 5.11 Å². The highest BCUT2D eigenvalue weighted by Crippen LogP contribution is 2.24. The van der Waals surface area contributed by atoms with Gasteiger partial charge in [-0.3, -0.25) is 4.90 Å². The number of morpholine rings is 1. The molecule has 4 heteroatoms. The summed E-state index contributed by atoms with van der Waals surface area (Å²) < 4.78 is 10.9. The van der Waals surface area contributed by atoms with E-state index in [1.165, 1.54) is 25.8 Å². The van der Waals surface area contributed by atoms with Gasteiger partial charge in [-0.05, 0) is 31.5 Å². The number of para-hydroxylation sites is 2. The number of unbranched alkanes of at least 4 members (excludes halogenated alkanes) is 3.